The summed E-state index contributed by atoms with van der Waals surface area (Å²) in [6.45, 7) is 10.4. The molecule has 10 heteroatoms. The number of benzene rings is 2. The number of carbonyl (C=O) groups excluding carboxylic acids is 1. The van der Waals surface area contributed by atoms with Gasteiger partial charge in [0.25, 0.3) is 5.91 Å². The van der Waals surface area contributed by atoms with E-state index in [0.717, 1.165) is 11.1 Å². The van der Waals surface area contributed by atoms with Crippen LogP contribution in [-0.4, -0.2) is 63.6 Å². The highest BCUT2D eigenvalue weighted by Crippen LogP contribution is 2.37. The van der Waals surface area contributed by atoms with E-state index < -0.39 is 11.9 Å². The molecule has 0 unspecified atom stereocenters. The number of ether oxygens (including phenoxy) is 1. The molecule has 2 aromatic carbocycles. The van der Waals surface area contributed by atoms with Gasteiger partial charge in [-0.15, -0.1) is 13.2 Å². The zero-order valence-electron chi connectivity index (χ0n) is 21.9. The first kappa shape index (κ1) is 27.8. The lowest BCUT2D eigenvalue weighted by Crippen LogP contribution is -2.48. The maximum absolute atomic E-state index is 14.2. The quantitative estimate of drug-likeness (QED) is 0.315. The first-order chi connectivity index (χ1) is 18.8. The maximum atomic E-state index is 14.2. The molecule has 1 saturated heterocycles. The summed E-state index contributed by atoms with van der Waals surface area (Å²) in [7, 11) is 1.51. The Bertz CT molecular complexity index is 1430. The second-order valence-electron chi connectivity index (χ2n) is 9.01. The fourth-order valence-electron chi connectivity index (χ4n) is 4.71. The van der Waals surface area contributed by atoms with Gasteiger partial charge in [0, 0.05) is 43.9 Å². The molecular weight excluding hydrogens is 507 g/mol. The predicted octanol–water partition coefficient (Wildman–Crippen LogP) is 5.49. The SMILES string of the molecule is C=C.COc1ccc(-c2nc3c(C(=O)N4CCN(Cc5ccccc5)CC4)cnn3c(C(F)(F)F)c2C)cc1. The number of hydrogen-bond acceptors (Lipinski definition) is 5. The van der Waals surface area contributed by atoms with E-state index >= 15 is 0 Å². The molecule has 4 aromatic rings. The Labute approximate surface area is 225 Å². The van der Waals surface area contributed by atoms with E-state index in [1.54, 1.807) is 29.2 Å². The van der Waals surface area contributed by atoms with Gasteiger partial charge in [0.15, 0.2) is 11.3 Å². The molecule has 1 amide bonds. The van der Waals surface area contributed by atoms with Gasteiger partial charge in [-0.05, 0) is 36.8 Å². The van der Waals surface area contributed by atoms with Gasteiger partial charge in [0.05, 0.1) is 19.0 Å². The Morgan fingerprint density at radius 2 is 1.64 bits per heavy atom. The minimum Gasteiger partial charge on any atom is -0.497 e. The molecule has 0 bridgehead atoms. The molecule has 204 valence electrons. The largest absolute Gasteiger partial charge is 0.497 e. The second-order valence-corrected chi connectivity index (χ2v) is 9.01. The Morgan fingerprint density at radius 1 is 1.00 bits per heavy atom. The number of alkyl halides is 3. The van der Waals surface area contributed by atoms with Crippen LogP contribution in [0.5, 0.6) is 5.75 Å². The maximum Gasteiger partial charge on any atom is 0.433 e. The van der Waals surface area contributed by atoms with Gasteiger partial charge in [-0.25, -0.2) is 9.50 Å². The molecular formula is C29H30F3N5O2. The van der Waals surface area contributed by atoms with Gasteiger partial charge in [0.2, 0.25) is 0 Å². The molecule has 5 rings (SSSR count). The van der Waals surface area contributed by atoms with Crippen LogP contribution < -0.4 is 4.74 Å². The van der Waals surface area contributed by atoms with Crippen molar-refractivity contribution in [3.63, 3.8) is 0 Å². The van der Waals surface area contributed by atoms with Crippen LogP contribution in [0.1, 0.15) is 27.2 Å². The molecule has 7 nitrogen and oxygen atoms in total. The number of halogens is 3. The topological polar surface area (TPSA) is 63.0 Å². The third-order valence-electron chi connectivity index (χ3n) is 6.65. The van der Waals surface area contributed by atoms with E-state index in [4.69, 9.17) is 4.74 Å². The standard InChI is InChI=1S/C27H26F3N5O2.C2H4/c1-18-23(20-8-10-21(37-2)11-9-20)32-25-22(16-31-35(25)24(18)27(28,29)30)26(36)34-14-12-33(13-15-34)17-19-6-4-3-5-7-19;1-2/h3-11,16H,12-15,17H2,1-2H3;1-2H2. The van der Waals surface area contributed by atoms with Crippen molar-refractivity contribution in [2.75, 3.05) is 33.3 Å². The Kier molecular flexibility index (Phi) is 8.35. The number of aromatic nitrogens is 3. The molecule has 0 N–H and O–H groups in total. The molecule has 0 aliphatic carbocycles. The summed E-state index contributed by atoms with van der Waals surface area (Å²) >= 11 is 0. The minimum atomic E-state index is -4.69. The van der Waals surface area contributed by atoms with Gasteiger partial charge in [0.1, 0.15) is 11.3 Å². The zero-order chi connectivity index (χ0) is 28.2. The van der Waals surface area contributed by atoms with E-state index in [1.807, 2.05) is 18.2 Å². The number of nitrogens with zero attached hydrogens (tertiary/aromatic N) is 5. The number of hydrogen-bond donors (Lipinski definition) is 0. The van der Waals surface area contributed by atoms with Crippen molar-refractivity contribution in [2.45, 2.75) is 19.6 Å². The fraction of sp³-hybridized carbons (Fsp3) is 0.276. The van der Waals surface area contributed by atoms with Gasteiger partial charge in [-0.1, -0.05) is 30.3 Å². The van der Waals surface area contributed by atoms with Gasteiger partial charge < -0.3 is 9.64 Å². The van der Waals surface area contributed by atoms with Gasteiger partial charge >= 0.3 is 6.18 Å². The van der Waals surface area contributed by atoms with Crippen LogP contribution in [-0.2, 0) is 12.7 Å². The van der Waals surface area contributed by atoms with E-state index in [1.165, 1.54) is 25.8 Å². The lowest BCUT2D eigenvalue weighted by molar-refractivity contribution is -0.143. The van der Waals surface area contributed by atoms with Crippen molar-refractivity contribution < 1.29 is 22.7 Å². The Morgan fingerprint density at radius 3 is 2.23 bits per heavy atom. The fourth-order valence-corrected chi connectivity index (χ4v) is 4.71. The summed E-state index contributed by atoms with van der Waals surface area (Å²) in [5, 5.41) is 3.95. The minimum absolute atomic E-state index is 0.0526. The number of piperazine rings is 1. The number of carbonyl (C=O) groups is 1. The summed E-state index contributed by atoms with van der Waals surface area (Å²) < 4.78 is 48.4. The van der Waals surface area contributed by atoms with Crippen LogP contribution >= 0.6 is 0 Å². The highest BCUT2D eigenvalue weighted by atomic mass is 19.4. The summed E-state index contributed by atoms with van der Waals surface area (Å²) in [4.78, 5) is 21.9. The van der Waals surface area contributed by atoms with E-state index in [2.05, 4.69) is 40.3 Å². The predicted molar refractivity (Wildman–Crippen MR) is 144 cm³/mol. The van der Waals surface area contributed by atoms with Crippen molar-refractivity contribution in [3.8, 4) is 17.0 Å². The van der Waals surface area contributed by atoms with Crippen LogP contribution in [0.15, 0.2) is 74.0 Å². The summed E-state index contributed by atoms with van der Waals surface area (Å²) in [5.74, 6) is 0.199. The Balaban J connectivity index is 0.00000172. The molecule has 0 atom stereocenters. The smallest absolute Gasteiger partial charge is 0.433 e. The van der Waals surface area contributed by atoms with Crippen molar-refractivity contribution >= 4 is 11.6 Å². The number of methoxy groups -OCH3 is 1. The van der Waals surface area contributed by atoms with Crippen LogP contribution in [0.2, 0.25) is 0 Å². The van der Waals surface area contributed by atoms with Crippen LogP contribution in [0.4, 0.5) is 13.2 Å². The highest BCUT2D eigenvalue weighted by Gasteiger charge is 2.39. The first-order valence-electron chi connectivity index (χ1n) is 12.4. The van der Waals surface area contributed by atoms with Gasteiger partial charge in [-0.2, -0.15) is 18.3 Å². The first-order valence-corrected chi connectivity index (χ1v) is 12.4. The molecule has 2 aromatic heterocycles. The van der Waals surface area contributed by atoms with E-state index in [0.29, 0.717) is 37.5 Å². The average Bonchev–Trinajstić information content (AvgIpc) is 3.37. The van der Waals surface area contributed by atoms with Crippen molar-refractivity contribution in [1.29, 1.82) is 0 Å². The lowest BCUT2D eigenvalue weighted by Gasteiger charge is -2.34. The summed E-state index contributed by atoms with van der Waals surface area (Å²) in [5.41, 5.74) is 0.745. The molecule has 39 heavy (non-hydrogen) atoms. The third-order valence-corrected chi connectivity index (χ3v) is 6.65. The monoisotopic (exact) mass is 537 g/mol. The molecule has 0 saturated carbocycles. The van der Waals surface area contributed by atoms with Crippen LogP contribution in [0.25, 0.3) is 16.9 Å². The Hall–Kier alpha value is -4.18. The van der Waals surface area contributed by atoms with Crippen molar-refractivity contribution in [1.82, 2.24) is 24.4 Å². The lowest BCUT2D eigenvalue weighted by atomic mass is 10.0. The van der Waals surface area contributed by atoms with Gasteiger partial charge in [-0.3, -0.25) is 9.69 Å². The normalized spacial score (nSPS) is 14.1. The molecule has 3 heterocycles. The zero-order valence-corrected chi connectivity index (χ0v) is 21.9. The molecule has 1 aliphatic heterocycles. The van der Waals surface area contributed by atoms with Crippen LogP contribution in [0.3, 0.4) is 0 Å². The van der Waals surface area contributed by atoms with Crippen molar-refractivity contribution in [3.05, 3.63) is 96.3 Å². The number of amides is 1. The summed E-state index contributed by atoms with van der Waals surface area (Å²) in [6, 6.07) is 16.7. The van der Waals surface area contributed by atoms with E-state index in [9.17, 15) is 18.0 Å². The third kappa shape index (κ3) is 5.80. The van der Waals surface area contributed by atoms with Crippen LogP contribution in [0, 0.1) is 6.92 Å². The number of fused-ring (bicyclic) bond motifs is 1. The average molecular weight is 538 g/mol. The molecule has 0 spiro atoms. The summed E-state index contributed by atoms with van der Waals surface area (Å²) in [6.07, 6.45) is -3.50. The van der Waals surface area contributed by atoms with Crippen molar-refractivity contribution in [2.24, 2.45) is 0 Å². The van der Waals surface area contributed by atoms with E-state index in [-0.39, 0.29) is 28.4 Å². The number of rotatable bonds is 5. The highest BCUT2D eigenvalue weighted by molar-refractivity contribution is 6.00. The molecule has 1 fully saturated rings. The molecule has 1 aliphatic rings. The molecule has 0 radical (unpaired) electrons. The second kappa shape index (κ2) is 11.7.